The van der Waals surface area contributed by atoms with Gasteiger partial charge in [-0.25, -0.2) is 0 Å². The Morgan fingerprint density at radius 1 is 1.23 bits per heavy atom. The summed E-state index contributed by atoms with van der Waals surface area (Å²) in [6.07, 6.45) is 2.61. The fourth-order valence-electron chi connectivity index (χ4n) is 3.56. The third-order valence-electron chi connectivity index (χ3n) is 5.09. The number of piperazine rings is 1. The number of nitrogens with one attached hydrogen (secondary N) is 1. The minimum Gasteiger partial charge on any atom is -0.352 e. The number of nitrogens with zero attached hydrogens (tertiary/aromatic N) is 2. The van der Waals surface area contributed by atoms with E-state index in [0.717, 1.165) is 24.8 Å². The van der Waals surface area contributed by atoms with Crippen molar-refractivity contribution in [2.75, 3.05) is 19.6 Å². The van der Waals surface area contributed by atoms with Crippen molar-refractivity contribution in [3.8, 4) is 0 Å². The van der Waals surface area contributed by atoms with E-state index in [-0.39, 0.29) is 30.3 Å². The normalized spacial score (nSPS) is 19.9. The van der Waals surface area contributed by atoms with Crippen LogP contribution in [0.3, 0.4) is 0 Å². The first-order valence-corrected chi connectivity index (χ1v) is 9.41. The third-order valence-corrected chi connectivity index (χ3v) is 5.09. The van der Waals surface area contributed by atoms with Crippen LogP contribution in [0.4, 0.5) is 0 Å². The summed E-state index contributed by atoms with van der Waals surface area (Å²) >= 11 is 0. The largest absolute Gasteiger partial charge is 0.352 e. The second kappa shape index (κ2) is 7.89. The number of carbonyl (C=O) groups excluding carboxylic acids is 3. The van der Waals surface area contributed by atoms with E-state index in [1.54, 1.807) is 21.9 Å². The number of carbonyl (C=O) groups is 3. The molecule has 1 aromatic carbocycles. The minimum absolute atomic E-state index is 0.0354. The van der Waals surface area contributed by atoms with Gasteiger partial charge in [-0.2, -0.15) is 0 Å². The number of amides is 3. The van der Waals surface area contributed by atoms with Gasteiger partial charge >= 0.3 is 0 Å². The summed E-state index contributed by atoms with van der Waals surface area (Å²) in [6, 6.07) is 6.99. The molecule has 1 atom stereocenters. The predicted molar refractivity (Wildman–Crippen MR) is 98.4 cm³/mol. The molecule has 0 bridgehead atoms. The molecular formula is C20H27N3O3. The van der Waals surface area contributed by atoms with Crippen molar-refractivity contribution in [1.82, 2.24) is 15.1 Å². The summed E-state index contributed by atoms with van der Waals surface area (Å²) in [5.74, 6) is 0.548. The average molecular weight is 357 g/mol. The third kappa shape index (κ3) is 4.06. The van der Waals surface area contributed by atoms with Gasteiger partial charge in [0.25, 0.3) is 5.91 Å². The summed E-state index contributed by atoms with van der Waals surface area (Å²) < 4.78 is 0. The Morgan fingerprint density at radius 2 is 1.96 bits per heavy atom. The van der Waals surface area contributed by atoms with Gasteiger partial charge < -0.3 is 15.1 Å². The van der Waals surface area contributed by atoms with E-state index >= 15 is 0 Å². The van der Waals surface area contributed by atoms with Crippen molar-refractivity contribution < 1.29 is 14.4 Å². The van der Waals surface area contributed by atoms with Gasteiger partial charge in [-0.05, 0) is 42.9 Å². The standard InChI is InChI=1S/C20H27N3O3/c1-14(2)9-10-21-19(25)16-7-5-15(6-8-16)12-22-13-18(24)23-11-3-4-17(23)20(22)26/h5-8,14,17H,3-4,9-13H2,1-2H3,(H,21,25)/t17-/m0/s1. The lowest BCUT2D eigenvalue weighted by atomic mass is 10.1. The van der Waals surface area contributed by atoms with Crippen molar-refractivity contribution >= 4 is 17.7 Å². The highest BCUT2D eigenvalue weighted by Crippen LogP contribution is 2.24. The van der Waals surface area contributed by atoms with Gasteiger partial charge in [0.1, 0.15) is 12.6 Å². The molecule has 0 aliphatic carbocycles. The SMILES string of the molecule is CC(C)CCNC(=O)c1ccc(CN2CC(=O)N3CCC[C@H]3C2=O)cc1. The van der Waals surface area contributed by atoms with E-state index < -0.39 is 0 Å². The van der Waals surface area contributed by atoms with Gasteiger partial charge in [0, 0.05) is 25.2 Å². The van der Waals surface area contributed by atoms with Crippen molar-refractivity contribution in [3.63, 3.8) is 0 Å². The molecule has 2 fully saturated rings. The maximum absolute atomic E-state index is 12.6. The lowest BCUT2D eigenvalue weighted by Crippen LogP contribution is -2.56. The van der Waals surface area contributed by atoms with Crippen LogP contribution in [0.15, 0.2) is 24.3 Å². The Morgan fingerprint density at radius 3 is 2.65 bits per heavy atom. The Kier molecular flexibility index (Phi) is 5.59. The minimum atomic E-state index is -0.276. The van der Waals surface area contributed by atoms with Crippen molar-refractivity contribution in [2.45, 2.75) is 45.7 Å². The second-order valence-corrected chi connectivity index (χ2v) is 7.57. The van der Waals surface area contributed by atoms with Crippen molar-refractivity contribution in [1.29, 1.82) is 0 Å². The predicted octanol–water partition coefficient (Wildman–Crippen LogP) is 1.80. The molecule has 0 aromatic heterocycles. The molecule has 3 amide bonds. The van der Waals surface area contributed by atoms with Gasteiger partial charge in [-0.3, -0.25) is 14.4 Å². The lowest BCUT2D eigenvalue weighted by Gasteiger charge is -2.36. The molecule has 2 aliphatic heterocycles. The second-order valence-electron chi connectivity index (χ2n) is 7.57. The van der Waals surface area contributed by atoms with Crippen molar-refractivity contribution in [3.05, 3.63) is 35.4 Å². The molecular weight excluding hydrogens is 330 g/mol. The molecule has 6 heteroatoms. The Balaban J connectivity index is 1.58. The van der Waals surface area contributed by atoms with E-state index in [0.29, 0.717) is 31.1 Å². The monoisotopic (exact) mass is 357 g/mol. The van der Waals surface area contributed by atoms with Crippen LogP contribution in [0.25, 0.3) is 0 Å². The molecule has 6 nitrogen and oxygen atoms in total. The fraction of sp³-hybridized carbons (Fsp3) is 0.550. The van der Waals surface area contributed by atoms with Gasteiger partial charge in [0.05, 0.1) is 0 Å². The van der Waals surface area contributed by atoms with Gasteiger partial charge in [0.2, 0.25) is 11.8 Å². The smallest absolute Gasteiger partial charge is 0.251 e. The van der Waals surface area contributed by atoms with E-state index in [9.17, 15) is 14.4 Å². The van der Waals surface area contributed by atoms with Crippen LogP contribution in [-0.4, -0.2) is 53.2 Å². The van der Waals surface area contributed by atoms with E-state index in [1.165, 1.54) is 0 Å². The van der Waals surface area contributed by atoms with Crippen LogP contribution >= 0.6 is 0 Å². The Labute approximate surface area is 154 Å². The number of rotatable bonds is 6. The van der Waals surface area contributed by atoms with Crippen LogP contribution < -0.4 is 5.32 Å². The summed E-state index contributed by atoms with van der Waals surface area (Å²) in [4.78, 5) is 40.2. The van der Waals surface area contributed by atoms with Crippen LogP contribution in [0.2, 0.25) is 0 Å². The Hall–Kier alpha value is -2.37. The molecule has 0 unspecified atom stereocenters. The summed E-state index contributed by atoms with van der Waals surface area (Å²) in [7, 11) is 0. The van der Waals surface area contributed by atoms with Gasteiger partial charge in [-0.15, -0.1) is 0 Å². The van der Waals surface area contributed by atoms with E-state index in [1.807, 2.05) is 12.1 Å². The van der Waals surface area contributed by atoms with Crippen LogP contribution in [-0.2, 0) is 16.1 Å². The molecule has 2 aliphatic rings. The molecule has 2 heterocycles. The highest BCUT2D eigenvalue weighted by molar-refractivity contribution is 5.95. The van der Waals surface area contributed by atoms with Crippen molar-refractivity contribution in [2.24, 2.45) is 5.92 Å². The maximum Gasteiger partial charge on any atom is 0.251 e. The highest BCUT2D eigenvalue weighted by Gasteiger charge is 2.41. The molecule has 0 radical (unpaired) electrons. The molecule has 2 saturated heterocycles. The first kappa shape index (κ1) is 18.4. The first-order chi connectivity index (χ1) is 12.5. The zero-order chi connectivity index (χ0) is 18.7. The number of benzene rings is 1. The maximum atomic E-state index is 12.6. The molecule has 26 heavy (non-hydrogen) atoms. The summed E-state index contributed by atoms with van der Waals surface area (Å²) in [6.45, 7) is 6.16. The number of fused-ring (bicyclic) bond motifs is 1. The molecule has 1 N–H and O–H groups in total. The number of hydrogen-bond donors (Lipinski definition) is 1. The molecule has 140 valence electrons. The quantitative estimate of drug-likeness (QED) is 0.844. The van der Waals surface area contributed by atoms with Gasteiger partial charge in [-0.1, -0.05) is 26.0 Å². The highest BCUT2D eigenvalue weighted by atomic mass is 16.2. The van der Waals surface area contributed by atoms with Gasteiger partial charge in [0.15, 0.2) is 0 Å². The van der Waals surface area contributed by atoms with Crippen LogP contribution in [0, 0.1) is 5.92 Å². The molecule has 0 saturated carbocycles. The van der Waals surface area contributed by atoms with Crippen LogP contribution in [0.1, 0.15) is 49.0 Å². The summed E-state index contributed by atoms with van der Waals surface area (Å²) in [5.41, 5.74) is 1.54. The van der Waals surface area contributed by atoms with Crippen LogP contribution in [0.5, 0.6) is 0 Å². The molecule has 3 rings (SSSR count). The lowest BCUT2D eigenvalue weighted by molar-refractivity contribution is -0.154. The first-order valence-electron chi connectivity index (χ1n) is 9.41. The Bertz CT molecular complexity index is 684. The average Bonchev–Trinajstić information content (AvgIpc) is 3.10. The zero-order valence-corrected chi connectivity index (χ0v) is 15.5. The molecule has 0 spiro atoms. The van der Waals surface area contributed by atoms with E-state index in [2.05, 4.69) is 19.2 Å². The van der Waals surface area contributed by atoms with E-state index in [4.69, 9.17) is 0 Å². The summed E-state index contributed by atoms with van der Waals surface area (Å²) in [5, 5.41) is 2.92. The zero-order valence-electron chi connectivity index (χ0n) is 15.5. The molecule has 1 aromatic rings. The number of hydrogen-bond acceptors (Lipinski definition) is 3. The topological polar surface area (TPSA) is 69.7 Å². The fourth-order valence-corrected chi connectivity index (χ4v) is 3.56.